The highest BCUT2D eigenvalue weighted by atomic mass is 16.7. The fourth-order valence-electron chi connectivity index (χ4n) is 4.04. The summed E-state index contributed by atoms with van der Waals surface area (Å²) in [5, 5.41) is 0. The summed E-state index contributed by atoms with van der Waals surface area (Å²) < 4.78 is 29.0. The molecule has 1 aromatic heterocycles. The van der Waals surface area contributed by atoms with E-state index in [1.54, 1.807) is 0 Å². The number of pyridine rings is 1. The van der Waals surface area contributed by atoms with Gasteiger partial charge in [-0.15, -0.1) is 0 Å². The van der Waals surface area contributed by atoms with Crippen molar-refractivity contribution in [2.24, 2.45) is 0 Å². The van der Waals surface area contributed by atoms with E-state index in [9.17, 15) is 0 Å². The molecule has 1 aliphatic rings. The van der Waals surface area contributed by atoms with Crippen LogP contribution in [0.1, 0.15) is 24.0 Å². The number of aromatic nitrogens is 1. The van der Waals surface area contributed by atoms with Gasteiger partial charge >= 0.3 is 0 Å². The molecule has 3 aromatic carbocycles. The normalized spacial score (nSPS) is 13.4. The van der Waals surface area contributed by atoms with Crippen molar-refractivity contribution >= 4 is 0 Å². The molecule has 1 saturated heterocycles. The number of nitrogens with zero attached hydrogens (tertiary/aromatic N) is 1. The van der Waals surface area contributed by atoms with Gasteiger partial charge in [0.05, 0.1) is 19.8 Å². The minimum Gasteiger partial charge on any atom is -0.494 e. The second kappa shape index (κ2) is 12.9. The highest BCUT2D eigenvalue weighted by Gasteiger charge is 2.15. The van der Waals surface area contributed by atoms with Gasteiger partial charge in [0, 0.05) is 18.1 Å². The molecule has 1 fully saturated rings. The molecule has 2 heterocycles. The fourth-order valence-corrected chi connectivity index (χ4v) is 4.04. The van der Waals surface area contributed by atoms with Crippen LogP contribution in [0.25, 0.3) is 11.1 Å². The van der Waals surface area contributed by atoms with E-state index in [0.29, 0.717) is 44.8 Å². The van der Waals surface area contributed by atoms with Gasteiger partial charge in [-0.2, -0.15) is 4.98 Å². The quantitative estimate of drug-likeness (QED) is 0.210. The van der Waals surface area contributed by atoms with Gasteiger partial charge in [0.1, 0.15) is 19.0 Å². The van der Waals surface area contributed by atoms with E-state index in [0.717, 1.165) is 40.8 Å². The average Bonchev–Trinajstić information content (AvgIpc) is 3.48. The van der Waals surface area contributed by atoms with E-state index in [-0.39, 0.29) is 6.29 Å². The molecule has 0 N–H and O–H groups in total. The maximum absolute atomic E-state index is 6.18. The molecule has 0 radical (unpaired) electrons. The third-order valence-corrected chi connectivity index (χ3v) is 5.99. The van der Waals surface area contributed by atoms with Gasteiger partial charge in [0.25, 0.3) is 0 Å². The van der Waals surface area contributed by atoms with Crippen LogP contribution in [0, 0.1) is 0 Å². The summed E-state index contributed by atoms with van der Waals surface area (Å²) in [5.74, 6) is 1.87. The van der Waals surface area contributed by atoms with Crippen LogP contribution < -0.4 is 14.2 Å². The van der Waals surface area contributed by atoms with Crippen LogP contribution >= 0.6 is 0 Å². The smallest absolute Gasteiger partial charge is 0.225 e. The van der Waals surface area contributed by atoms with Crippen molar-refractivity contribution < 1.29 is 23.7 Å². The Balaban J connectivity index is 1.26. The second-order valence-electron chi connectivity index (χ2n) is 8.74. The summed E-state index contributed by atoms with van der Waals surface area (Å²) in [6.45, 7) is 2.83. The second-order valence-corrected chi connectivity index (χ2v) is 8.74. The predicted octanol–water partition coefficient (Wildman–Crippen LogP) is 6.44. The van der Waals surface area contributed by atoms with Gasteiger partial charge in [-0.05, 0) is 41.3 Å². The molecule has 0 spiro atoms. The molecule has 6 nitrogen and oxygen atoms in total. The Bertz CT molecular complexity index is 1230. The predicted molar refractivity (Wildman–Crippen MR) is 142 cm³/mol. The maximum atomic E-state index is 6.18. The van der Waals surface area contributed by atoms with Gasteiger partial charge in [-0.25, -0.2) is 0 Å². The van der Waals surface area contributed by atoms with Crippen molar-refractivity contribution in [2.75, 3.05) is 19.8 Å². The number of hydrogen-bond donors (Lipinski definition) is 0. The molecule has 0 unspecified atom stereocenters. The first-order valence-corrected chi connectivity index (χ1v) is 12.6. The zero-order valence-electron chi connectivity index (χ0n) is 20.8. The van der Waals surface area contributed by atoms with E-state index in [1.807, 2.05) is 97.1 Å². The minimum atomic E-state index is -0.0903. The topological polar surface area (TPSA) is 59.0 Å². The first-order chi connectivity index (χ1) is 18.3. The van der Waals surface area contributed by atoms with Crippen molar-refractivity contribution in [1.29, 1.82) is 0 Å². The summed E-state index contributed by atoms with van der Waals surface area (Å²) >= 11 is 0. The Hall–Kier alpha value is -3.87. The molecule has 0 amide bonds. The fraction of sp³-hybridized carbons (Fsp3) is 0.258. The molecule has 0 saturated carbocycles. The number of ether oxygens (including phenoxy) is 5. The average molecular weight is 498 g/mol. The molecule has 0 aliphatic carbocycles. The molecule has 6 heteroatoms. The summed E-state index contributed by atoms with van der Waals surface area (Å²) in [5.41, 5.74) is 4.04. The Morgan fingerprint density at radius 1 is 0.676 bits per heavy atom. The van der Waals surface area contributed by atoms with E-state index >= 15 is 0 Å². The zero-order valence-corrected chi connectivity index (χ0v) is 20.8. The standard InChI is InChI=1S/C31H31NO5/c1-3-8-24(9-4-1)22-36-29-18-17-28(31(32-29)37-23-25-10-5-2-6-11-25)26-13-15-27(16-14-26)33-19-7-12-30-34-20-21-35-30/h1-6,8-11,13-18,30H,7,12,19-23H2. The van der Waals surface area contributed by atoms with Crippen LogP contribution in [0.5, 0.6) is 17.5 Å². The van der Waals surface area contributed by atoms with E-state index in [4.69, 9.17) is 28.7 Å². The van der Waals surface area contributed by atoms with E-state index < -0.39 is 0 Å². The minimum absolute atomic E-state index is 0.0903. The number of hydrogen-bond acceptors (Lipinski definition) is 6. The lowest BCUT2D eigenvalue weighted by atomic mass is 10.1. The van der Waals surface area contributed by atoms with Gasteiger partial charge in [0.2, 0.25) is 11.8 Å². The lowest BCUT2D eigenvalue weighted by molar-refractivity contribution is -0.0492. The molecule has 1 aliphatic heterocycles. The molecule has 0 bridgehead atoms. The van der Waals surface area contributed by atoms with Crippen molar-refractivity contribution in [3.05, 3.63) is 108 Å². The van der Waals surface area contributed by atoms with Crippen LogP contribution in [-0.2, 0) is 22.7 Å². The summed E-state index contributed by atoms with van der Waals surface area (Å²) in [6.07, 6.45) is 1.62. The Labute approximate surface area is 217 Å². The molecular formula is C31H31NO5. The molecule has 0 atom stereocenters. The zero-order chi connectivity index (χ0) is 25.1. The first-order valence-electron chi connectivity index (χ1n) is 12.6. The number of rotatable bonds is 12. The van der Waals surface area contributed by atoms with Crippen LogP contribution in [-0.4, -0.2) is 31.1 Å². The van der Waals surface area contributed by atoms with Crippen molar-refractivity contribution in [3.63, 3.8) is 0 Å². The van der Waals surface area contributed by atoms with Crippen molar-refractivity contribution in [2.45, 2.75) is 32.3 Å². The Morgan fingerprint density at radius 2 is 1.32 bits per heavy atom. The van der Waals surface area contributed by atoms with Crippen LogP contribution in [0.2, 0.25) is 0 Å². The lowest BCUT2D eigenvalue weighted by Gasteiger charge is -2.14. The van der Waals surface area contributed by atoms with Crippen molar-refractivity contribution in [1.82, 2.24) is 4.98 Å². The maximum Gasteiger partial charge on any atom is 0.225 e. The summed E-state index contributed by atoms with van der Waals surface area (Å²) in [4.78, 5) is 4.70. The van der Waals surface area contributed by atoms with Gasteiger partial charge in [-0.1, -0.05) is 72.8 Å². The van der Waals surface area contributed by atoms with Gasteiger partial charge < -0.3 is 23.7 Å². The third-order valence-electron chi connectivity index (χ3n) is 5.99. The molecule has 190 valence electrons. The van der Waals surface area contributed by atoms with Crippen molar-refractivity contribution in [3.8, 4) is 28.6 Å². The third kappa shape index (κ3) is 7.32. The summed E-state index contributed by atoms with van der Waals surface area (Å²) in [7, 11) is 0. The monoisotopic (exact) mass is 497 g/mol. The van der Waals surface area contributed by atoms with Gasteiger partial charge in [0.15, 0.2) is 6.29 Å². The lowest BCUT2D eigenvalue weighted by Crippen LogP contribution is -2.09. The first kappa shape index (κ1) is 24.8. The molecule has 5 rings (SSSR count). The van der Waals surface area contributed by atoms with Crippen LogP contribution in [0.15, 0.2) is 97.1 Å². The van der Waals surface area contributed by atoms with E-state index in [1.165, 1.54) is 0 Å². The Kier molecular flexibility index (Phi) is 8.65. The highest BCUT2D eigenvalue weighted by Crippen LogP contribution is 2.32. The molecule has 4 aromatic rings. The number of benzene rings is 3. The van der Waals surface area contributed by atoms with Crippen LogP contribution in [0.4, 0.5) is 0 Å². The SMILES string of the molecule is c1ccc(COc2ccc(-c3ccc(OCCCC4OCCO4)cc3)c(OCc3ccccc3)n2)cc1. The summed E-state index contributed by atoms with van der Waals surface area (Å²) in [6, 6.07) is 32.0. The van der Waals surface area contributed by atoms with E-state index in [2.05, 4.69) is 0 Å². The highest BCUT2D eigenvalue weighted by molar-refractivity contribution is 5.69. The largest absolute Gasteiger partial charge is 0.494 e. The molecular weight excluding hydrogens is 466 g/mol. The molecule has 37 heavy (non-hydrogen) atoms. The Morgan fingerprint density at radius 3 is 2.00 bits per heavy atom. The van der Waals surface area contributed by atoms with Gasteiger partial charge in [-0.3, -0.25) is 0 Å². The van der Waals surface area contributed by atoms with Crippen LogP contribution in [0.3, 0.4) is 0 Å².